The van der Waals surface area contributed by atoms with Crippen LogP contribution in [0.2, 0.25) is 0 Å². The Bertz CT molecular complexity index is 415. The van der Waals surface area contributed by atoms with Crippen molar-refractivity contribution in [3.8, 4) is 0 Å². The number of carbonyl (C=O) groups is 1. The van der Waals surface area contributed by atoms with Gasteiger partial charge < -0.3 is 15.3 Å². The third-order valence-corrected chi connectivity index (χ3v) is 1.70. The molecule has 0 aromatic carbocycles. The van der Waals surface area contributed by atoms with Crippen LogP contribution >= 0.6 is 0 Å². The number of methoxy groups -OCH3 is 1. The molecule has 15 heavy (non-hydrogen) atoms. The van der Waals surface area contributed by atoms with E-state index in [0.29, 0.717) is 4.73 Å². The van der Waals surface area contributed by atoms with Crippen molar-refractivity contribution in [1.29, 1.82) is 0 Å². The molecule has 1 aromatic rings. The van der Waals surface area contributed by atoms with E-state index in [1.54, 1.807) is 6.92 Å². The van der Waals surface area contributed by atoms with E-state index in [9.17, 15) is 9.59 Å². The van der Waals surface area contributed by atoms with Crippen LogP contribution < -0.4 is 11.0 Å². The Morgan fingerprint density at radius 3 is 2.93 bits per heavy atom. The average molecular weight is 213 g/mol. The van der Waals surface area contributed by atoms with Gasteiger partial charge in [-0.1, -0.05) is 0 Å². The third-order valence-electron chi connectivity index (χ3n) is 1.70. The third kappa shape index (κ3) is 2.70. The molecule has 0 saturated carbocycles. The number of hydrogen-bond acceptors (Lipinski definition) is 6. The number of carbonyl (C=O) groups excluding carboxylic acids is 1. The molecule has 0 bridgehead atoms. The Hall–Kier alpha value is -2.05. The number of nitrogens with zero attached hydrogens (tertiary/aromatic N) is 2. The van der Waals surface area contributed by atoms with Gasteiger partial charge in [0.1, 0.15) is 11.9 Å². The zero-order valence-electron chi connectivity index (χ0n) is 8.30. The second-order valence-corrected chi connectivity index (χ2v) is 2.83. The first-order chi connectivity index (χ1) is 7.04. The number of ether oxygens (including phenoxy) is 1. The standard InChI is InChI=1S/C8H11N3O4/c1-5(7(12)15-2)9-6-3-4-11(14)8(13)10-6/h3-5,14H,1-2H3,(H,9,10,13)/t5-/m0/s1. The predicted molar refractivity (Wildman–Crippen MR) is 50.8 cm³/mol. The predicted octanol–water partition coefficient (Wildman–Crippen LogP) is -0.546. The molecule has 2 N–H and O–H groups in total. The molecular formula is C8H11N3O4. The molecule has 1 rings (SSSR count). The molecule has 0 radical (unpaired) electrons. The topological polar surface area (TPSA) is 93.5 Å². The van der Waals surface area contributed by atoms with Crippen LogP contribution in [0.15, 0.2) is 17.1 Å². The van der Waals surface area contributed by atoms with Crippen molar-refractivity contribution in [3.63, 3.8) is 0 Å². The van der Waals surface area contributed by atoms with Crippen molar-refractivity contribution in [3.05, 3.63) is 22.7 Å². The first kappa shape index (κ1) is 11.0. The minimum absolute atomic E-state index is 0.197. The zero-order chi connectivity index (χ0) is 11.4. The number of anilines is 1. The van der Waals surface area contributed by atoms with E-state index < -0.39 is 17.7 Å². The van der Waals surface area contributed by atoms with Crippen LogP contribution in [0.3, 0.4) is 0 Å². The van der Waals surface area contributed by atoms with Crippen molar-refractivity contribution in [1.82, 2.24) is 9.71 Å². The molecule has 0 aliphatic carbocycles. The lowest BCUT2D eigenvalue weighted by Gasteiger charge is -2.11. The van der Waals surface area contributed by atoms with Gasteiger partial charge in [-0.05, 0) is 6.92 Å². The molecule has 1 aromatic heterocycles. The number of aromatic nitrogens is 2. The van der Waals surface area contributed by atoms with Crippen LogP contribution in [0.25, 0.3) is 0 Å². The zero-order valence-corrected chi connectivity index (χ0v) is 8.30. The lowest BCUT2D eigenvalue weighted by atomic mass is 10.3. The number of nitrogens with one attached hydrogen (secondary N) is 1. The van der Waals surface area contributed by atoms with Gasteiger partial charge in [-0.25, -0.2) is 9.59 Å². The van der Waals surface area contributed by atoms with Gasteiger partial charge in [0, 0.05) is 6.07 Å². The Morgan fingerprint density at radius 1 is 1.73 bits per heavy atom. The van der Waals surface area contributed by atoms with E-state index >= 15 is 0 Å². The molecule has 0 amide bonds. The molecular weight excluding hydrogens is 202 g/mol. The van der Waals surface area contributed by atoms with Crippen molar-refractivity contribution >= 4 is 11.8 Å². The second-order valence-electron chi connectivity index (χ2n) is 2.83. The van der Waals surface area contributed by atoms with E-state index in [1.807, 2.05) is 0 Å². The summed E-state index contributed by atoms with van der Waals surface area (Å²) in [5.74, 6) is -0.270. The summed E-state index contributed by atoms with van der Waals surface area (Å²) in [4.78, 5) is 25.4. The van der Waals surface area contributed by atoms with Gasteiger partial charge in [-0.2, -0.15) is 4.98 Å². The van der Waals surface area contributed by atoms with E-state index in [4.69, 9.17) is 5.21 Å². The van der Waals surface area contributed by atoms with Crippen LogP contribution in [0.4, 0.5) is 5.82 Å². The largest absolute Gasteiger partial charge is 0.467 e. The fraction of sp³-hybridized carbons (Fsp3) is 0.375. The van der Waals surface area contributed by atoms with E-state index in [0.717, 1.165) is 6.20 Å². The van der Waals surface area contributed by atoms with Crippen molar-refractivity contribution in [2.75, 3.05) is 12.4 Å². The van der Waals surface area contributed by atoms with Gasteiger partial charge in [0.05, 0.1) is 13.3 Å². The first-order valence-electron chi connectivity index (χ1n) is 4.18. The smallest absolute Gasteiger partial charge is 0.382 e. The Kier molecular flexibility index (Phi) is 3.27. The van der Waals surface area contributed by atoms with Crippen molar-refractivity contribution in [2.24, 2.45) is 0 Å². The second kappa shape index (κ2) is 4.45. The summed E-state index contributed by atoms with van der Waals surface area (Å²) in [6.45, 7) is 1.57. The maximum Gasteiger partial charge on any atom is 0.382 e. The minimum Gasteiger partial charge on any atom is -0.467 e. The molecule has 7 nitrogen and oxygen atoms in total. The maximum atomic E-state index is 11.0. The van der Waals surface area contributed by atoms with Crippen molar-refractivity contribution in [2.45, 2.75) is 13.0 Å². The maximum absolute atomic E-state index is 11.0. The van der Waals surface area contributed by atoms with E-state index in [-0.39, 0.29) is 5.82 Å². The van der Waals surface area contributed by atoms with Crippen molar-refractivity contribution < 1.29 is 14.7 Å². The lowest BCUT2D eigenvalue weighted by molar-refractivity contribution is -0.141. The number of rotatable bonds is 3. The quantitative estimate of drug-likeness (QED) is 0.517. The number of hydrogen-bond donors (Lipinski definition) is 2. The van der Waals surface area contributed by atoms with E-state index in [2.05, 4.69) is 15.0 Å². The van der Waals surface area contributed by atoms with Gasteiger partial charge in [0.25, 0.3) is 0 Å². The van der Waals surface area contributed by atoms with Gasteiger partial charge >= 0.3 is 11.7 Å². The van der Waals surface area contributed by atoms with Gasteiger partial charge in [0.2, 0.25) is 0 Å². The molecule has 0 aliphatic rings. The SMILES string of the molecule is COC(=O)[C@H](C)Nc1ccn(O)c(=O)n1. The van der Waals surface area contributed by atoms with E-state index in [1.165, 1.54) is 13.2 Å². The fourth-order valence-electron chi connectivity index (χ4n) is 0.934. The Morgan fingerprint density at radius 2 is 2.40 bits per heavy atom. The van der Waals surface area contributed by atoms with Crippen LogP contribution in [-0.4, -0.2) is 34.0 Å². The molecule has 0 unspecified atom stereocenters. The highest BCUT2D eigenvalue weighted by atomic mass is 16.5. The monoisotopic (exact) mass is 213 g/mol. The van der Waals surface area contributed by atoms with Crippen LogP contribution in [0.1, 0.15) is 6.92 Å². The highest BCUT2D eigenvalue weighted by Crippen LogP contribution is 2.00. The van der Waals surface area contributed by atoms with Crippen LogP contribution in [0.5, 0.6) is 0 Å². The summed E-state index contributed by atoms with van der Waals surface area (Å²) in [7, 11) is 1.26. The Labute approximate surface area is 85.3 Å². The summed E-state index contributed by atoms with van der Waals surface area (Å²) in [5, 5.41) is 11.5. The molecule has 7 heteroatoms. The summed E-state index contributed by atoms with van der Waals surface area (Å²) >= 11 is 0. The first-order valence-corrected chi connectivity index (χ1v) is 4.18. The molecule has 1 heterocycles. The summed E-state index contributed by atoms with van der Waals surface area (Å²) < 4.78 is 4.82. The molecule has 0 saturated heterocycles. The fourth-order valence-corrected chi connectivity index (χ4v) is 0.934. The van der Waals surface area contributed by atoms with Gasteiger partial charge in [-0.15, -0.1) is 4.73 Å². The molecule has 1 atom stereocenters. The Balaban J connectivity index is 2.77. The average Bonchev–Trinajstić information content (AvgIpc) is 2.22. The van der Waals surface area contributed by atoms with Crippen LogP contribution in [0, 0.1) is 0 Å². The summed E-state index contributed by atoms with van der Waals surface area (Å²) in [5.41, 5.74) is -0.822. The minimum atomic E-state index is -0.822. The number of esters is 1. The molecule has 0 aliphatic heterocycles. The van der Waals surface area contributed by atoms with Gasteiger partial charge in [-0.3, -0.25) is 0 Å². The van der Waals surface area contributed by atoms with Gasteiger partial charge in [0.15, 0.2) is 0 Å². The highest BCUT2D eigenvalue weighted by molar-refractivity contribution is 5.78. The lowest BCUT2D eigenvalue weighted by Crippen LogP contribution is -2.29. The summed E-state index contributed by atoms with van der Waals surface area (Å²) in [6.07, 6.45) is 1.13. The summed E-state index contributed by atoms with van der Waals surface area (Å²) in [6, 6.07) is 0.748. The van der Waals surface area contributed by atoms with Crippen LogP contribution in [-0.2, 0) is 9.53 Å². The molecule has 0 fully saturated rings. The molecule has 0 spiro atoms. The normalized spacial score (nSPS) is 11.9. The highest BCUT2D eigenvalue weighted by Gasteiger charge is 2.13. The molecule has 82 valence electrons.